The minimum atomic E-state index is -0.340. The summed E-state index contributed by atoms with van der Waals surface area (Å²) in [5.41, 5.74) is 2.17. The maximum Gasteiger partial charge on any atom is 0.259 e. The molecule has 5 heteroatoms. The van der Waals surface area contributed by atoms with Gasteiger partial charge in [-0.1, -0.05) is 17.9 Å². The maximum absolute atomic E-state index is 13.4. The second kappa shape index (κ2) is 5.68. The molecule has 0 radical (unpaired) electrons. The molecule has 2 heterocycles. The van der Waals surface area contributed by atoms with Gasteiger partial charge in [0.1, 0.15) is 12.4 Å². The summed E-state index contributed by atoms with van der Waals surface area (Å²) < 4.78 is 13.4. The number of carbonyl (C=O) groups is 1. The van der Waals surface area contributed by atoms with E-state index in [-0.39, 0.29) is 18.3 Å². The SMILES string of the molecule is O=C(c1csc(C#CCO)c1)N1CCc2ccc(F)cc21. The molecule has 3 nitrogen and oxygen atoms in total. The van der Waals surface area contributed by atoms with Crippen LogP contribution in [0.5, 0.6) is 0 Å². The molecule has 0 bridgehead atoms. The molecule has 1 aliphatic heterocycles. The van der Waals surface area contributed by atoms with Crippen molar-refractivity contribution in [2.75, 3.05) is 18.1 Å². The van der Waals surface area contributed by atoms with Crippen LogP contribution in [-0.4, -0.2) is 24.2 Å². The highest BCUT2D eigenvalue weighted by Gasteiger charge is 2.26. The van der Waals surface area contributed by atoms with Crippen LogP contribution in [0.15, 0.2) is 29.6 Å². The molecule has 2 aromatic rings. The van der Waals surface area contributed by atoms with Crippen LogP contribution in [0.3, 0.4) is 0 Å². The summed E-state index contributed by atoms with van der Waals surface area (Å²) >= 11 is 1.35. The lowest BCUT2D eigenvalue weighted by Crippen LogP contribution is -2.28. The van der Waals surface area contributed by atoms with Gasteiger partial charge in [0.25, 0.3) is 5.91 Å². The fourth-order valence-electron chi connectivity index (χ4n) is 2.36. The van der Waals surface area contributed by atoms with Gasteiger partial charge in [0.05, 0.1) is 16.1 Å². The fraction of sp³-hybridized carbons (Fsp3) is 0.188. The molecule has 1 amide bonds. The van der Waals surface area contributed by atoms with E-state index in [0.717, 1.165) is 16.9 Å². The van der Waals surface area contributed by atoms with E-state index in [1.165, 1.54) is 23.5 Å². The van der Waals surface area contributed by atoms with Crippen molar-refractivity contribution in [3.8, 4) is 11.8 Å². The molecule has 0 unspecified atom stereocenters. The first-order chi connectivity index (χ1) is 10.2. The average molecular weight is 301 g/mol. The van der Waals surface area contributed by atoms with Crippen molar-refractivity contribution in [1.29, 1.82) is 0 Å². The topological polar surface area (TPSA) is 40.5 Å². The largest absolute Gasteiger partial charge is 0.384 e. The number of halogens is 1. The highest BCUT2D eigenvalue weighted by Crippen LogP contribution is 2.30. The summed E-state index contributed by atoms with van der Waals surface area (Å²) in [6.07, 6.45) is 0.739. The molecule has 1 N–H and O–H groups in total. The van der Waals surface area contributed by atoms with Crippen molar-refractivity contribution in [3.05, 3.63) is 51.5 Å². The number of benzene rings is 1. The number of carbonyl (C=O) groups excluding carboxylic acids is 1. The van der Waals surface area contributed by atoms with Gasteiger partial charge in [-0.15, -0.1) is 11.3 Å². The lowest BCUT2D eigenvalue weighted by molar-refractivity contribution is 0.0990. The van der Waals surface area contributed by atoms with Crippen LogP contribution >= 0.6 is 11.3 Å². The normalized spacial score (nSPS) is 12.8. The number of anilines is 1. The number of nitrogens with zero attached hydrogens (tertiary/aromatic N) is 1. The Balaban J connectivity index is 1.87. The third kappa shape index (κ3) is 2.68. The van der Waals surface area contributed by atoms with Gasteiger partial charge >= 0.3 is 0 Å². The van der Waals surface area contributed by atoms with E-state index in [1.807, 2.05) is 0 Å². The molecule has 21 heavy (non-hydrogen) atoms. The number of hydrogen-bond acceptors (Lipinski definition) is 3. The molecular formula is C16H12FNO2S. The van der Waals surface area contributed by atoms with Gasteiger partial charge in [0.2, 0.25) is 0 Å². The van der Waals surface area contributed by atoms with E-state index >= 15 is 0 Å². The highest BCUT2D eigenvalue weighted by atomic mass is 32.1. The molecule has 0 fully saturated rings. The van der Waals surface area contributed by atoms with E-state index in [1.54, 1.807) is 22.4 Å². The molecule has 1 aliphatic rings. The lowest BCUT2D eigenvalue weighted by Gasteiger charge is -2.16. The van der Waals surface area contributed by atoms with E-state index in [4.69, 9.17) is 5.11 Å². The zero-order valence-corrected chi connectivity index (χ0v) is 11.9. The Morgan fingerprint density at radius 3 is 3.10 bits per heavy atom. The minimum Gasteiger partial charge on any atom is -0.384 e. The summed E-state index contributed by atoms with van der Waals surface area (Å²) in [4.78, 5) is 14.8. The number of hydrogen-bond donors (Lipinski definition) is 1. The standard InChI is InChI=1S/C16H12FNO2S/c17-13-4-3-11-5-6-18(15(11)9-13)16(20)12-8-14(21-10-12)2-1-7-19/h3-4,8-10,19H,5-7H2. The first kappa shape index (κ1) is 13.8. The quantitative estimate of drug-likeness (QED) is 0.822. The lowest BCUT2D eigenvalue weighted by atomic mass is 10.1. The summed E-state index contributed by atoms with van der Waals surface area (Å²) in [6, 6.07) is 6.25. The smallest absolute Gasteiger partial charge is 0.259 e. The average Bonchev–Trinajstić information content (AvgIpc) is 3.10. The Hall–Kier alpha value is -2.16. The van der Waals surface area contributed by atoms with Crippen molar-refractivity contribution in [3.63, 3.8) is 0 Å². The molecule has 0 saturated heterocycles. The molecule has 0 spiro atoms. The number of amides is 1. The molecule has 106 valence electrons. The van der Waals surface area contributed by atoms with Crippen LogP contribution < -0.4 is 4.90 Å². The van der Waals surface area contributed by atoms with Gasteiger partial charge in [-0.05, 0) is 30.2 Å². The first-order valence-corrected chi connectivity index (χ1v) is 7.35. The molecule has 0 atom stereocenters. The predicted molar refractivity (Wildman–Crippen MR) is 80.1 cm³/mol. The van der Waals surface area contributed by atoms with Crippen LogP contribution in [0.25, 0.3) is 0 Å². The van der Waals surface area contributed by atoms with Crippen molar-refractivity contribution < 1.29 is 14.3 Å². The molecular weight excluding hydrogens is 289 g/mol. The van der Waals surface area contributed by atoms with Crippen LogP contribution in [0.1, 0.15) is 20.8 Å². The third-order valence-corrected chi connectivity index (χ3v) is 4.17. The second-order valence-corrected chi connectivity index (χ2v) is 5.55. The van der Waals surface area contributed by atoms with Gasteiger partial charge in [-0.25, -0.2) is 4.39 Å². The molecule has 1 aromatic carbocycles. The Kier molecular flexibility index (Phi) is 3.74. The number of rotatable bonds is 1. The molecule has 3 rings (SSSR count). The Morgan fingerprint density at radius 2 is 2.29 bits per heavy atom. The maximum atomic E-state index is 13.4. The minimum absolute atomic E-state index is 0.146. The molecule has 0 aliphatic carbocycles. The Labute approximate surface area is 125 Å². The summed E-state index contributed by atoms with van der Waals surface area (Å²) in [6.45, 7) is 0.352. The highest BCUT2D eigenvalue weighted by molar-refractivity contribution is 7.10. The van der Waals surface area contributed by atoms with Crippen LogP contribution in [0.4, 0.5) is 10.1 Å². The molecule has 1 aromatic heterocycles. The summed E-state index contributed by atoms with van der Waals surface area (Å²) in [5, 5.41) is 10.4. The Morgan fingerprint density at radius 1 is 1.43 bits per heavy atom. The monoisotopic (exact) mass is 301 g/mol. The van der Waals surface area contributed by atoms with E-state index in [9.17, 15) is 9.18 Å². The van der Waals surface area contributed by atoms with E-state index < -0.39 is 0 Å². The molecule has 0 saturated carbocycles. The number of aliphatic hydroxyl groups is 1. The van der Waals surface area contributed by atoms with Crippen LogP contribution in [0, 0.1) is 17.7 Å². The zero-order valence-electron chi connectivity index (χ0n) is 11.1. The first-order valence-electron chi connectivity index (χ1n) is 6.47. The fourth-order valence-corrected chi connectivity index (χ4v) is 3.11. The second-order valence-electron chi connectivity index (χ2n) is 4.64. The van der Waals surface area contributed by atoms with E-state index in [2.05, 4.69) is 11.8 Å². The van der Waals surface area contributed by atoms with Crippen LogP contribution in [0.2, 0.25) is 0 Å². The predicted octanol–water partition coefficient (Wildman–Crippen LogP) is 2.43. The van der Waals surface area contributed by atoms with Gasteiger partial charge < -0.3 is 10.0 Å². The van der Waals surface area contributed by atoms with Crippen molar-refractivity contribution in [2.24, 2.45) is 0 Å². The number of thiophene rings is 1. The third-order valence-electron chi connectivity index (χ3n) is 3.33. The van der Waals surface area contributed by atoms with E-state index in [0.29, 0.717) is 17.8 Å². The number of aliphatic hydroxyl groups excluding tert-OH is 1. The van der Waals surface area contributed by atoms with Crippen molar-refractivity contribution in [1.82, 2.24) is 0 Å². The van der Waals surface area contributed by atoms with Gasteiger partial charge in [0.15, 0.2) is 0 Å². The summed E-state index contributed by atoms with van der Waals surface area (Å²) in [7, 11) is 0. The van der Waals surface area contributed by atoms with Crippen LogP contribution in [-0.2, 0) is 6.42 Å². The zero-order chi connectivity index (χ0) is 14.8. The summed E-state index contributed by atoms with van der Waals surface area (Å²) in [5.74, 6) is 4.84. The van der Waals surface area contributed by atoms with Crippen molar-refractivity contribution in [2.45, 2.75) is 6.42 Å². The van der Waals surface area contributed by atoms with Gasteiger partial charge in [-0.2, -0.15) is 0 Å². The number of fused-ring (bicyclic) bond motifs is 1. The van der Waals surface area contributed by atoms with Gasteiger partial charge in [-0.3, -0.25) is 4.79 Å². The Bertz CT molecular complexity index is 757. The van der Waals surface area contributed by atoms with Crippen molar-refractivity contribution >= 4 is 22.9 Å². The van der Waals surface area contributed by atoms with Gasteiger partial charge in [0, 0.05) is 11.9 Å².